The van der Waals surface area contributed by atoms with E-state index in [4.69, 9.17) is 4.74 Å². The Balaban J connectivity index is 1.34. The highest BCUT2D eigenvalue weighted by Crippen LogP contribution is 2.36. The van der Waals surface area contributed by atoms with Crippen LogP contribution in [0.25, 0.3) is 0 Å². The van der Waals surface area contributed by atoms with E-state index in [1.165, 1.54) is 24.8 Å². The first-order valence-electron chi connectivity index (χ1n) is 8.95. The second-order valence-electron chi connectivity index (χ2n) is 7.32. The molecule has 1 N–H and O–H groups in total. The molecule has 2 saturated heterocycles. The van der Waals surface area contributed by atoms with Crippen molar-refractivity contribution >= 4 is 5.91 Å². The van der Waals surface area contributed by atoms with Gasteiger partial charge in [-0.3, -0.25) is 4.79 Å². The van der Waals surface area contributed by atoms with Gasteiger partial charge in [0.25, 0.3) is 0 Å². The maximum atomic E-state index is 12.6. The van der Waals surface area contributed by atoms with Gasteiger partial charge < -0.3 is 15.0 Å². The number of hydrogen-bond donors (Lipinski definition) is 1. The van der Waals surface area contributed by atoms with E-state index < -0.39 is 0 Å². The van der Waals surface area contributed by atoms with Gasteiger partial charge in [-0.25, -0.2) is 0 Å². The Kier molecular flexibility index (Phi) is 4.12. The number of likely N-dealkylation sites (tertiary alicyclic amines) is 1. The molecule has 1 saturated carbocycles. The van der Waals surface area contributed by atoms with Crippen molar-refractivity contribution in [1.82, 2.24) is 10.2 Å². The predicted octanol–water partition coefficient (Wildman–Crippen LogP) is 2.09. The summed E-state index contributed by atoms with van der Waals surface area (Å²) in [5.74, 6) is 0.988. The lowest BCUT2D eigenvalue weighted by Gasteiger charge is -2.34. The Morgan fingerprint density at radius 2 is 2.13 bits per heavy atom. The van der Waals surface area contributed by atoms with Crippen molar-refractivity contribution in [3.63, 3.8) is 0 Å². The molecule has 2 aliphatic heterocycles. The molecule has 1 spiro atoms. The fourth-order valence-corrected chi connectivity index (χ4v) is 3.96. The Labute approximate surface area is 138 Å². The van der Waals surface area contributed by atoms with E-state index in [2.05, 4.69) is 29.6 Å². The zero-order valence-electron chi connectivity index (χ0n) is 13.7. The SMILES string of the molecule is O=C(Cc1ccc(C2CCC2)cc1)N1CCC2(CNCCO2)C1. The maximum absolute atomic E-state index is 12.6. The molecule has 1 atom stereocenters. The van der Waals surface area contributed by atoms with Crippen molar-refractivity contribution < 1.29 is 9.53 Å². The molecule has 1 aromatic carbocycles. The summed E-state index contributed by atoms with van der Waals surface area (Å²) < 4.78 is 5.96. The molecule has 3 fully saturated rings. The summed E-state index contributed by atoms with van der Waals surface area (Å²) in [7, 11) is 0. The highest BCUT2D eigenvalue weighted by Gasteiger charge is 2.41. The summed E-state index contributed by atoms with van der Waals surface area (Å²) in [4.78, 5) is 14.6. The second kappa shape index (κ2) is 6.25. The van der Waals surface area contributed by atoms with Crippen molar-refractivity contribution in [2.75, 3.05) is 32.8 Å². The molecule has 4 heteroatoms. The van der Waals surface area contributed by atoms with E-state index in [0.717, 1.165) is 50.7 Å². The standard InChI is InChI=1S/C19H26N2O2/c22-18(21-10-8-19(14-21)13-20-9-11-23-19)12-15-4-6-17(7-5-15)16-2-1-3-16/h4-7,16,20H,1-3,8-14H2. The number of benzene rings is 1. The first-order valence-corrected chi connectivity index (χ1v) is 8.95. The minimum Gasteiger partial charge on any atom is -0.370 e. The summed E-state index contributed by atoms with van der Waals surface area (Å²) in [6.07, 6.45) is 5.46. The van der Waals surface area contributed by atoms with Crippen LogP contribution in [-0.4, -0.2) is 49.2 Å². The van der Waals surface area contributed by atoms with Crippen LogP contribution in [0.3, 0.4) is 0 Å². The van der Waals surface area contributed by atoms with E-state index in [0.29, 0.717) is 6.42 Å². The zero-order chi connectivity index (χ0) is 15.7. The fraction of sp³-hybridized carbons (Fsp3) is 0.632. The molecular formula is C19H26N2O2. The molecule has 0 radical (unpaired) electrons. The highest BCUT2D eigenvalue weighted by molar-refractivity contribution is 5.79. The van der Waals surface area contributed by atoms with Gasteiger partial charge in [0.05, 0.1) is 25.2 Å². The van der Waals surface area contributed by atoms with Crippen LogP contribution in [0.5, 0.6) is 0 Å². The van der Waals surface area contributed by atoms with Gasteiger partial charge >= 0.3 is 0 Å². The van der Waals surface area contributed by atoms with Crippen LogP contribution >= 0.6 is 0 Å². The van der Waals surface area contributed by atoms with Crippen LogP contribution in [0.15, 0.2) is 24.3 Å². The molecule has 4 rings (SSSR count). The number of nitrogens with one attached hydrogen (secondary N) is 1. The number of ether oxygens (including phenoxy) is 1. The maximum Gasteiger partial charge on any atom is 0.227 e. The average Bonchev–Trinajstić information content (AvgIpc) is 2.92. The van der Waals surface area contributed by atoms with Crippen LogP contribution in [-0.2, 0) is 16.0 Å². The first kappa shape index (κ1) is 15.2. The van der Waals surface area contributed by atoms with Crippen LogP contribution < -0.4 is 5.32 Å². The molecule has 1 aromatic rings. The lowest BCUT2D eigenvalue weighted by atomic mass is 9.80. The van der Waals surface area contributed by atoms with Gasteiger partial charge in [0.2, 0.25) is 5.91 Å². The Bertz CT molecular complexity index is 559. The molecule has 1 aliphatic carbocycles. The van der Waals surface area contributed by atoms with E-state index >= 15 is 0 Å². The molecule has 0 bridgehead atoms. The third kappa shape index (κ3) is 3.15. The van der Waals surface area contributed by atoms with Crippen molar-refractivity contribution in [1.29, 1.82) is 0 Å². The van der Waals surface area contributed by atoms with E-state index in [1.54, 1.807) is 0 Å². The minimum absolute atomic E-state index is 0.137. The van der Waals surface area contributed by atoms with Gasteiger partial charge in [0.1, 0.15) is 0 Å². The quantitative estimate of drug-likeness (QED) is 0.929. The smallest absolute Gasteiger partial charge is 0.227 e. The number of rotatable bonds is 3. The number of nitrogens with zero attached hydrogens (tertiary/aromatic N) is 1. The fourth-order valence-electron chi connectivity index (χ4n) is 3.96. The Morgan fingerprint density at radius 1 is 1.30 bits per heavy atom. The summed E-state index contributed by atoms with van der Waals surface area (Å²) in [6, 6.07) is 8.70. The number of carbonyl (C=O) groups excluding carboxylic acids is 1. The summed E-state index contributed by atoms with van der Waals surface area (Å²) in [6.45, 7) is 4.10. The lowest BCUT2D eigenvalue weighted by Crippen LogP contribution is -2.51. The monoisotopic (exact) mass is 314 g/mol. The molecular weight excluding hydrogens is 288 g/mol. The van der Waals surface area contributed by atoms with E-state index in [-0.39, 0.29) is 11.5 Å². The van der Waals surface area contributed by atoms with Gasteiger partial charge in [-0.15, -0.1) is 0 Å². The normalized spacial score (nSPS) is 28.1. The zero-order valence-corrected chi connectivity index (χ0v) is 13.7. The Hall–Kier alpha value is -1.39. The van der Waals surface area contributed by atoms with Gasteiger partial charge in [-0.2, -0.15) is 0 Å². The van der Waals surface area contributed by atoms with Crippen molar-refractivity contribution in [2.24, 2.45) is 0 Å². The van der Waals surface area contributed by atoms with Crippen molar-refractivity contribution in [3.8, 4) is 0 Å². The third-order valence-electron chi connectivity index (χ3n) is 5.71. The van der Waals surface area contributed by atoms with Gasteiger partial charge in [0.15, 0.2) is 0 Å². The van der Waals surface area contributed by atoms with Crippen LogP contribution in [0.4, 0.5) is 0 Å². The van der Waals surface area contributed by atoms with Crippen LogP contribution in [0.2, 0.25) is 0 Å². The summed E-state index contributed by atoms with van der Waals surface area (Å²) in [5, 5.41) is 3.39. The largest absolute Gasteiger partial charge is 0.370 e. The first-order chi connectivity index (χ1) is 11.2. The highest BCUT2D eigenvalue weighted by atomic mass is 16.5. The summed E-state index contributed by atoms with van der Waals surface area (Å²) >= 11 is 0. The molecule has 23 heavy (non-hydrogen) atoms. The lowest BCUT2D eigenvalue weighted by molar-refractivity contribution is -0.131. The van der Waals surface area contributed by atoms with Gasteiger partial charge in [0, 0.05) is 19.6 Å². The number of morpholine rings is 1. The molecule has 2 heterocycles. The van der Waals surface area contributed by atoms with Gasteiger partial charge in [-0.1, -0.05) is 30.7 Å². The molecule has 4 nitrogen and oxygen atoms in total. The minimum atomic E-state index is -0.137. The second-order valence-corrected chi connectivity index (χ2v) is 7.32. The number of hydrogen-bond acceptors (Lipinski definition) is 3. The molecule has 124 valence electrons. The van der Waals surface area contributed by atoms with Crippen LogP contribution in [0, 0.1) is 0 Å². The molecule has 1 amide bonds. The predicted molar refractivity (Wildman–Crippen MR) is 89.5 cm³/mol. The Morgan fingerprint density at radius 3 is 2.78 bits per heavy atom. The summed E-state index contributed by atoms with van der Waals surface area (Å²) in [5.41, 5.74) is 2.43. The third-order valence-corrected chi connectivity index (χ3v) is 5.71. The van der Waals surface area contributed by atoms with E-state index in [9.17, 15) is 4.79 Å². The number of carbonyl (C=O) groups is 1. The topological polar surface area (TPSA) is 41.6 Å². The average molecular weight is 314 g/mol. The van der Waals surface area contributed by atoms with Gasteiger partial charge in [-0.05, 0) is 36.3 Å². The molecule has 3 aliphatic rings. The number of amides is 1. The van der Waals surface area contributed by atoms with Crippen molar-refractivity contribution in [3.05, 3.63) is 35.4 Å². The van der Waals surface area contributed by atoms with Crippen molar-refractivity contribution in [2.45, 2.75) is 43.6 Å². The van der Waals surface area contributed by atoms with Crippen LogP contribution in [0.1, 0.15) is 42.7 Å². The van der Waals surface area contributed by atoms with E-state index in [1.807, 2.05) is 4.90 Å². The molecule has 1 unspecified atom stereocenters. The molecule has 0 aromatic heterocycles.